The van der Waals surface area contributed by atoms with Gasteiger partial charge in [-0.25, -0.2) is 0 Å². The van der Waals surface area contributed by atoms with Crippen LogP contribution in [-0.4, -0.2) is 0 Å². The summed E-state index contributed by atoms with van der Waals surface area (Å²) in [6.45, 7) is 14.2. The van der Waals surface area contributed by atoms with Crippen LogP contribution in [0.5, 0.6) is 0 Å². The van der Waals surface area contributed by atoms with Crippen LogP contribution in [0.1, 0.15) is 52.7 Å². The van der Waals surface area contributed by atoms with Crippen molar-refractivity contribution < 1.29 is 0 Å². The summed E-state index contributed by atoms with van der Waals surface area (Å²) in [5.41, 5.74) is 24.4. The largest absolute Gasteiger partial charge is 0.311 e. The van der Waals surface area contributed by atoms with E-state index >= 15 is 0 Å². The lowest BCUT2D eigenvalue weighted by atomic mass is 9.73. The summed E-state index contributed by atoms with van der Waals surface area (Å²) in [6, 6.07) is 134. The normalized spacial score (nSPS) is 11.7. The smallest absolute Gasteiger partial charge is 0.0462 e. The lowest BCUT2D eigenvalue weighted by Crippen LogP contribution is -2.13. The molecule has 4 heteroatoms. The van der Waals surface area contributed by atoms with Gasteiger partial charge in [-0.15, -0.1) is 0 Å². The SMILES string of the molecule is CC(C)(C)c1cc2c(-c3ccc(N(c4ccccc4)c4ccccc4)cc3)c(-c3ccc(N(c4ccccc4)c4ccccc4)cc3)c3cc(C(C)(C)C)cc4c(-c5ccc(N(c6ccccc6)c6ccccc6)cc5)c(-c5ccc(N(c6ccccc6)c6ccccc6)cc5)c(c1)c2c34. The molecule has 0 radical (unpaired) electrons. The van der Waals surface area contributed by atoms with E-state index in [1.807, 2.05) is 0 Å². The molecule has 0 aromatic heterocycles. The highest BCUT2D eigenvalue weighted by molar-refractivity contribution is 6.36. The van der Waals surface area contributed by atoms with Crippen LogP contribution in [0.25, 0.3) is 76.8 Å². The van der Waals surface area contributed by atoms with Crippen LogP contribution in [0, 0.1) is 0 Å². The molecule has 0 heterocycles. The van der Waals surface area contributed by atoms with Gasteiger partial charge in [0, 0.05) is 68.2 Å². The first kappa shape index (κ1) is 62.6. The Bertz CT molecular complexity index is 4630. The molecule has 0 fully saturated rings. The molecule has 0 aliphatic carbocycles. The Morgan fingerprint density at radius 1 is 0.170 bits per heavy atom. The first-order chi connectivity index (χ1) is 48.9. The van der Waals surface area contributed by atoms with E-state index in [1.165, 1.54) is 65.7 Å². The number of benzene rings is 16. The van der Waals surface area contributed by atoms with Crippen molar-refractivity contribution in [3.63, 3.8) is 0 Å². The molecule has 16 aromatic carbocycles. The van der Waals surface area contributed by atoms with Crippen LogP contribution in [0.2, 0.25) is 0 Å². The first-order valence-corrected chi connectivity index (χ1v) is 34.8. The van der Waals surface area contributed by atoms with E-state index in [9.17, 15) is 0 Å². The van der Waals surface area contributed by atoms with E-state index in [2.05, 4.69) is 425 Å². The molecule has 482 valence electrons. The van der Waals surface area contributed by atoms with Gasteiger partial charge in [0.1, 0.15) is 0 Å². The van der Waals surface area contributed by atoms with Gasteiger partial charge in [-0.05, 0) is 269 Å². The van der Waals surface area contributed by atoms with Crippen molar-refractivity contribution >= 4 is 101 Å². The zero-order valence-electron chi connectivity index (χ0n) is 57.4. The Labute approximate surface area is 588 Å². The minimum absolute atomic E-state index is 0.260. The molecule has 0 unspecified atom stereocenters. The predicted molar refractivity (Wildman–Crippen MR) is 428 cm³/mol. The molecule has 0 saturated carbocycles. The third kappa shape index (κ3) is 11.9. The second-order valence-electron chi connectivity index (χ2n) is 28.1. The quantitative estimate of drug-likeness (QED) is 0.0894. The van der Waals surface area contributed by atoms with Crippen LogP contribution in [-0.2, 0) is 10.8 Å². The molecule has 0 aliphatic heterocycles. The summed E-state index contributed by atoms with van der Waals surface area (Å²) >= 11 is 0. The molecule has 0 saturated heterocycles. The van der Waals surface area contributed by atoms with Crippen molar-refractivity contribution in [3.05, 3.63) is 375 Å². The van der Waals surface area contributed by atoms with Crippen LogP contribution >= 0.6 is 0 Å². The van der Waals surface area contributed by atoms with Crippen LogP contribution < -0.4 is 19.6 Å². The number of rotatable bonds is 16. The molecule has 16 aromatic rings. The number of hydrogen-bond acceptors (Lipinski definition) is 4. The maximum absolute atomic E-state index is 2.55. The summed E-state index contributed by atoms with van der Waals surface area (Å²) in [5.74, 6) is 0. The Kier molecular flexibility index (Phi) is 16.5. The molecule has 100 heavy (non-hydrogen) atoms. The zero-order valence-corrected chi connectivity index (χ0v) is 57.4. The highest BCUT2D eigenvalue weighted by Gasteiger charge is 2.31. The van der Waals surface area contributed by atoms with Crippen LogP contribution in [0.4, 0.5) is 68.2 Å². The second kappa shape index (κ2) is 26.3. The van der Waals surface area contributed by atoms with Gasteiger partial charge in [-0.3, -0.25) is 0 Å². The predicted octanol–water partition coefficient (Wildman–Crippen LogP) is 27.7. The van der Waals surface area contributed by atoms with Crippen molar-refractivity contribution in [2.75, 3.05) is 19.6 Å². The summed E-state index contributed by atoms with van der Waals surface area (Å²) < 4.78 is 0. The van der Waals surface area contributed by atoms with Gasteiger partial charge < -0.3 is 19.6 Å². The third-order valence-corrected chi connectivity index (χ3v) is 19.6. The zero-order chi connectivity index (χ0) is 67.9. The maximum Gasteiger partial charge on any atom is 0.0462 e. The molecule has 0 N–H and O–H groups in total. The molecule has 0 spiro atoms. The monoisotopic (exact) mass is 1290 g/mol. The molecule has 0 amide bonds. The molecule has 0 bridgehead atoms. The Hall–Kier alpha value is -12.2. The number of anilines is 12. The van der Waals surface area contributed by atoms with Crippen molar-refractivity contribution in [2.24, 2.45) is 0 Å². The van der Waals surface area contributed by atoms with E-state index in [0.717, 1.165) is 90.5 Å². The highest BCUT2D eigenvalue weighted by Crippen LogP contribution is 2.56. The average Bonchev–Trinajstić information content (AvgIpc) is 0.687. The number of para-hydroxylation sites is 8. The fraction of sp³-hybridized carbons (Fsp3) is 0.0833. The molecule has 4 nitrogen and oxygen atoms in total. The van der Waals surface area contributed by atoms with Gasteiger partial charge in [-0.1, -0.05) is 236 Å². The lowest BCUT2D eigenvalue weighted by Gasteiger charge is -2.31. The third-order valence-electron chi connectivity index (χ3n) is 19.6. The standard InChI is InChI=1S/C96H78N4/c1-95(2,3)71-63-85-89(67-47-55-81(56-48-67)97(73-31-15-7-16-32-73)74-33-17-8-18-34-74)91(69-51-59-83(60-52-69)99(77-39-23-11-24-40-77)78-41-25-12-26-42-78)87-65-72(96(4,5)6)66-88-92(70-53-61-84(62-54-70)100(79-43-27-13-28-44-79)80-45-29-14-30-46-80)90(86(64-71)93(85)94(87)88)68-49-57-82(58-50-68)98(75-35-19-9-20-36-75)76-37-21-10-22-38-76/h7-66H,1-6H3. The summed E-state index contributed by atoms with van der Waals surface area (Å²) in [7, 11) is 0. The number of nitrogens with zero attached hydrogens (tertiary/aromatic N) is 4. The van der Waals surface area contributed by atoms with Gasteiger partial charge in [0.15, 0.2) is 0 Å². The Morgan fingerprint density at radius 2 is 0.310 bits per heavy atom. The van der Waals surface area contributed by atoms with E-state index in [4.69, 9.17) is 0 Å². The van der Waals surface area contributed by atoms with E-state index in [1.54, 1.807) is 0 Å². The van der Waals surface area contributed by atoms with Crippen molar-refractivity contribution in [1.82, 2.24) is 0 Å². The fourth-order valence-electron chi connectivity index (χ4n) is 14.7. The summed E-state index contributed by atoms with van der Waals surface area (Å²) in [5, 5.41) is 7.37. The molecule has 0 atom stereocenters. The van der Waals surface area contributed by atoms with E-state index in [0.29, 0.717) is 0 Å². The van der Waals surface area contributed by atoms with Crippen molar-refractivity contribution in [1.29, 1.82) is 0 Å². The number of hydrogen-bond donors (Lipinski definition) is 0. The molecular formula is C96H78N4. The first-order valence-electron chi connectivity index (χ1n) is 34.8. The highest BCUT2D eigenvalue weighted by atomic mass is 15.2. The average molecular weight is 1290 g/mol. The van der Waals surface area contributed by atoms with Gasteiger partial charge in [0.2, 0.25) is 0 Å². The Balaban J connectivity index is 1.02. The van der Waals surface area contributed by atoms with Gasteiger partial charge >= 0.3 is 0 Å². The Morgan fingerprint density at radius 3 is 0.450 bits per heavy atom. The van der Waals surface area contributed by atoms with Gasteiger partial charge in [0.25, 0.3) is 0 Å². The topological polar surface area (TPSA) is 13.0 Å². The fourth-order valence-corrected chi connectivity index (χ4v) is 14.7. The van der Waals surface area contributed by atoms with Gasteiger partial charge in [0.05, 0.1) is 0 Å². The van der Waals surface area contributed by atoms with Gasteiger partial charge in [-0.2, -0.15) is 0 Å². The lowest BCUT2D eigenvalue weighted by molar-refractivity contribution is 0.591. The van der Waals surface area contributed by atoms with E-state index < -0.39 is 0 Å². The minimum atomic E-state index is -0.260. The van der Waals surface area contributed by atoms with Crippen LogP contribution in [0.15, 0.2) is 364 Å². The second-order valence-corrected chi connectivity index (χ2v) is 28.1. The minimum Gasteiger partial charge on any atom is -0.311 e. The molecule has 16 rings (SSSR count). The maximum atomic E-state index is 2.55. The molecular weight excluding hydrogens is 1210 g/mol. The van der Waals surface area contributed by atoms with Crippen molar-refractivity contribution in [3.8, 4) is 44.5 Å². The van der Waals surface area contributed by atoms with Crippen molar-refractivity contribution in [2.45, 2.75) is 52.4 Å². The van der Waals surface area contributed by atoms with E-state index in [-0.39, 0.29) is 10.8 Å². The summed E-state index contributed by atoms with van der Waals surface area (Å²) in [4.78, 5) is 9.44. The summed E-state index contributed by atoms with van der Waals surface area (Å²) in [6.07, 6.45) is 0. The van der Waals surface area contributed by atoms with Crippen LogP contribution in [0.3, 0.4) is 0 Å². The molecule has 0 aliphatic rings.